The molecule has 0 fully saturated rings. The summed E-state index contributed by atoms with van der Waals surface area (Å²) in [5.41, 5.74) is 10.7. The molecule has 6 aromatic rings. The third kappa shape index (κ3) is 8.26. The Morgan fingerprint density at radius 2 is 0.839 bits per heavy atom. The molecule has 20 nitrogen and oxygen atoms in total. The van der Waals surface area contributed by atoms with Gasteiger partial charge in [0.05, 0.1) is 33.8 Å². The van der Waals surface area contributed by atoms with Gasteiger partial charge in [-0.05, 0) is 71.8 Å². The molecule has 0 aliphatic carbocycles. The number of azo groups is 2. The van der Waals surface area contributed by atoms with E-state index >= 15 is 0 Å². The summed E-state index contributed by atoms with van der Waals surface area (Å²) in [5.74, 6) is 0. The highest BCUT2D eigenvalue weighted by Gasteiger charge is 2.22. The topological polar surface area (TPSA) is 345 Å². The molecule has 0 aliphatic rings. The standard InChI is InChI=1S/C32H24N8O12S4/c33-29-23(15-27(55(47,48)49)21-3-1-11-35-31(21)29)39-37-19-9-7-17(25(13-19)53(41,42)43)5-6-18-8-10-20(14-26(18)54(44,45)46)38-40-24-16-28(56(50,51)52)22-4-2-12-36-32(22)30(24)34/h1-16H,33-34H2,(H,41,42,43)(H,44,45,46)(H,47,48,49)(H,50,51,52). The van der Waals surface area contributed by atoms with Crippen molar-refractivity contribution in [2.45, 2.75) is 19.6 Å². The Bertz CT molecular complexity index is 2960. The molecule has 0 atom stereocenters. The van der Waals surface area contributed by atoms with Crippen LogP contribution < -0.4 is 11.5 Å². The Hall–Kier alpha value is -6.12. The quantitative estimate of drug-likeness (QED) is 0.0402. The maximum atomic E-state index is 12.4. The third-order valence-corrected chi connectivity index (χ3v) is 11.4. The van der Waals surface area contributed by atoms with Gasteiger partial charge in [-0.2, -0.15) is 43.9 Å². The van der Waals surface area contributed by atoms with Crippen LogP contribution in [0.4, 0.5) is 34.1 Å². The van der Waals surface area contributed by atoms with Crippen LogP contribution >= 0.6 is 0 Å². The lowest BCUT2D eigenvalue weighted by Crippen LogP contribution is -2.02. The first-order chi connectivity index (χ1) is 26.1. The minimum atomic E-state index is -4.98. The Balaban J connectivity index is 1.35. The molecule has 0 bridgehead atoms. The average molecular weight is 841 g/mol. The van der Waals surface area contributed by atoms with Gasteiger partial charge < -0.3 is 11.5 Å². The number of nitrogen functional groups attached to an aromatic ring is 2. The van der Waals surface area contributed by atoms with Crippen LogP contribution in [-0.2, 0) is 40.5 Å². The van der Waals surface area contributed by atoms with Crippen LogP contribution in [0, 0.1) is 0 Å². The number of benzene rings is 4. The third-order valence-electron chi connectivity index (χ3n) is 7.84. The second-order valence-corrected chi connectivity index (χ2v) is 17.1. The number of hydrogen-bond donors (Lipinski definition) is 6. The van der Waals surface area contributed by atoms with Gasteiger partial charge in [-0.15, -0.1) is 10.2 Å². The fourth-order valence-corrected chi connectivity index (χ4v) is 8.14. The van der Waals surface area contributed by atoms with E-state index in [4.69, 9.17) is 11.5 Å². The van der Waals surface area contributed by atoms with E-state index in [1.807, 2.05) is 0 Å². The molecule has 2 aromatic heterocycles. The van der Waals surface area contributed by atoms with Crippen molar-refractivity contribution in [2.75, 3.05) is 11.5 Å². The van der Waals surface area contributed by atoms with Gasteiger partial charge in [-0.1, -0.05) is 24.3 Å². The molecule has 56 heavy (non-hydrogen) atoms. The summed E-state index contributed by atoms with van der Waals surface area (Å²) < 4.78 is 137. The number of fused-ring (bicyclic) bond motifs is 2. The highest BCUT2D eigenvalue weighted by atomic mass is 32.2. The second kappa shape index (κ2) is 14.5. The maximum Gasteiger partial charge on any atom is 0.295 e. The number of pyridine rings is 2. The van der Waals surface area contributed by atoms with Crippen molar-refractivity contribution in [3.63, 3.8) is 0 Å². The molecule has 2 heterocycles. The van der Waals surface area contributed by atoms with Crippen LogP contribution in [0.5, 0.6) is 0 Å². The molecule has 0 radical (unpaired) electrons. The molecule has 0 amide bonds. The lowest BCUT2D eigenvalue weighted by Gasteiger charge is -2.09. The average Bonchev–Trinajstić information content (AvgIpc) is 3.12. The first-order valence-corrected chi connectivity index (χ1v) is 20.9. The van der Waals surface area contributed by atoms with Crippen LogP contribution in [0.25, 0.3) is 34.0 Å². The predicted octanol–water partition coefficient (Wildman–Crippen LogP) is 5.94. The lowest BCUT2D eigenvalue weighted by molar-refractivity contribution is 0.480. The van der Waals surface area contributed by atoms with Crippen molar-refractivity contribution in [1.29, 1.82) is 0 Å². The molecule has 0 saturated carbocycles. The van der Waals surface area contributed by atoms with E-state index in [1.54, 1.807) is 0 Å². The van der Waals surface area contributed by atoms with Crippen LogP contribution in [-0.4, -0.2) is 61.9 Å². The van der Waals surface area contributed by atoms with E-state index in [1.165, 1.54) is 60.9 Å². The molecule has 4 aromatic carbocycles. The van der Waals surface area contributed by atoms with Gasteiger partial charge >= 0.3 is 0 Å². The van der Waals surface area contributed by atoms with Crippen molar-refractivity contribution < 1.29 is 51.9 Å². The van der Waals surface area contributed by atoms with E-state index in [0.717, 1.165) is 36.4 Å². The summed E-state index contributed by atoms with van der Waals surface area (Å²) >= 11 is 0. The number of rotatable bonds is 10. The molecule has 0 aliphatic heterocycles. The predicted molar refractivity (Wildman–Crippen MR) is 202 cm³/mol. The molecule has 0 unspecified atom stereocenters. The zero-order chi connectivity index (χ0) is 40.8. The zero-order valence-corrected chi connectivity index (χ0v) is 31.0. The summed E-state index contributed by atoms with van der Waals surface area (Å²) in [6.07, 6.45) is 4.84. The van der Waals surface area contributed by atoms with Gasteiger partial charge in [0.15, 0.2) is 0 Å². The van der Waals surface area contributed by atoms with Gasteiger partial charge in [0.1, 0.15) is 31.0 Å². The minimum Gasteiger partial charge on any atom is -0.395 e. The largest absolute Gasteiger partial charge is 0.395 e. The first-order valence-electron chi connectivity index (χ1n) is 15.2. The van der Waals surface area contributed by atoms with Crippen molar-refractivity contribution in [3.8, 4) is 0 Å². The lowest BCUT2D eigenvalue weighted by atomic mass is 10.1. The first kappa shape index (κ1) is 39.6. The number of nitrogens with zero attached hydrogens (tertiary/aromatic N) is 6. The van der Waals surface area contributed by atoms with Crippen molar-refractivity contribution in [3.05, 3.63) is 96.3 Å². The van der Waals surface area contributed by atoms with Crippen molar-refractivity contribution in [1.82, 2.24) is 9.97 Å². The summed E-state index contributed by atoms with van der Waals surface area (Å²) in [5, 5.41) is 15.6. The number of hydrogen-bond acceptors (Lipinski definition) is 16. The van der Waals surface area contributed by atoms with Crippen molar-refractivity contribution in [2.24, 2.45) is 20.5 Å². The summed E-state index contributed by atoms with van der Waals surface area (Å²) in [7, 11) is -19.5. The maximum absolute atomic E-state index is 12.4. The van der Waals surface area contributed by atoms with Gasteiger partial charge in [0.25, 0.3) is 40.5 Å². The van der Waals surface area contributed by atoms with Crippen LogP contribution in [0.15, 0.2) is 125 Å². The smallest absolute Gasteiger partial charge is 0.295 e. The van der Waals surface area contributed by atoms with Gasteiger partial charge in [0.2, 0.25) is 0 Å². The van der Waals surface area contributed by atoms with E-state index < -0.39 is 60.1 Å². The second-order valence-electron chi connectivity index (χ2n) is 11.5. The van der Waals surface area contributed by atoms with Crippen LogP contribution in [0.1, 0.15) is 11.1 Å². The van der Waals surface area contributed by atoms with Crippen molar-refractivity contribution >= 4 is 109 Å². The SMILES string of the molecule is Nc1c(N=Nc2ccc(C=Cc3ccc(N=Nc4cc(S(=O)(=O)O)c5cccnc5c4N)cc3S(=O)(=O)O)c(S(=O)(=O)O)c2)cc(S(=O)(=O)O)c2cccnc12. The van der Waals surface area contributed by atoms with E-state index in [9.17, 15) is 51.9 Å². The zero-order valence-electron chi connectivity index (χ0n) is 27.8. The van der Waals surface area contributed by atoms with E-state index in [2.05, 4.69) is 30.4 Å². The minimum absolute atomic E-state index is 0.00766. The van der Waals surface area contributed by atoms with Crippen LogP contribution in [0.3, 0.4) is 0 Å². The van der Waals surface area contributed by atoms with E-state index in [0.29, 0.717) is 0 Å². The van der Waals surface area contributed by atoms with Gasteiger partial charge in [0, 0.05) is 23.2 Å². The molecule has 288 valence electrons. The summed E-state index contributed by atoms with van der Waals surface area (Å²) in [6.45, 7) is 0. The molecule has 6 rings (SSSR count). The fraction of sp³-hybridized carbons (Fsp3) is 0. The van der Waals surface area contributed by atoms with E-state index in [-0.39, 0.29) is 67.1 Å². The molecule has 8 N–H and O–H groups in total. The van der Waals surface area contributed by atoms with Crippen LogP contribution in [0.2, 0.25) is 0 Å². The molecule has 24 heteroatoms. The monoisotopic (exact) mass is 840 g/mol. The fourth-order valence-electron chi connectivity index (χ4n) is 5.33. The molecular weight excluding hydrogens is 817 g/mol. The Labute approximate surface area is 317 Å². The number of aromatic nitrogens is 2. The Kier molecular flexibility index (Phi) is 10.3. The van der Waals surface area contributed by atoms with Gasteiger partial charge in [-0.3, -0.25) is 28.2 Å². The number of nitrogens with two attached hydrogens (primary N) is 2. The highest BCUT2D eigenvalue weighted by Crippen LogP contribution is 2.38. The molecular formula is C32H24N8O12S4. The highest BCUT2D eigenvalue weighted by molar-refractivity contribution is 7.86. The normalized spacial score (nSPS) is 13.1. The van der Waals surface area contributed by atoms with Gasteiger partial charge in [-0.25, -0.2) is 0 Å². The summed E-state index contributed by atoms with van der Waals surface area (Å²) in [4.78, 5) is 5.48. The number of anilines is 2. The molecule has 0 spiro atoms. The molecule has 0 saturated heterocycles. The summed E-state index contributed by atoms with van der Waals surface area (Å²) in [6, 6.07) is 14.1. The Morgan fingerprint density at radius 1 is 0.482 bits per heavy atom. The Morgan fingerprint density at radius 3 is 1.18 bits per heavy atom.